The molecule has 2 heterocycles. The minimum absolute atomic E-state index is 0.0271. The van der Waals surface area contributed by atoms with E-state index in [2.05, 4.69) is 85.3 Å². The standard InChI is InChI=1S/C28H34N2O3/c1-4-8-28(33-24-12-11-20-9-6-7-10-21(20)15-24)29(3)27(5-2)30-14-13-22-16-25-26(32-19-31-25)17-23(22)18-30/h6-7,9-12,15-17,27-28H,4-5,8,13-14,18-19H2,1-3H3. The van der Waals surface area contributed by atoms with E-state index in [9.17, 15) is 0 Å². The molecule has 5 nitrogen and oxygen atoms in total. The van der Waals surface area contributed by atoms with Crippen LogP contribution in [0.5, 0.6) is 17.2 Å². The summed E-state index contributed by atoms with van der Waals surface area (Å²) in [6, 6.07) is 19.2. The van der Waals surface area contributed by atoms with Crippen LogP contribution in [-0.4, -0.2) is 42.6 Å². The minimum atomic E-state index is 0.0271. The summed E-state index contributed by atoms with van der Waals surface area (Å²) in [5, 5.41) is 2.45. The molecule has 0 fully saturated rings. The van der Waals surface area contributed by atoms with E-state index in [0.29, 0.717) is 13.0 Å². The van der Waals surface area contributed by atoms with Gasteiger partial charge in [0, 0.05) is 13.1 Å². The van der Waals surface area contributed by atoms with Crippen LogP contribution in [0, 0.1) is 0 Å². The first kappa shape index (κ1) is 22.1. The molecule has 2 atom stereocenters. The maximum Gasteiger partial charge on any atom is 0.231 e. The Hall–Kier alpha value is -2.76. The fourth-order valence-electron chi connectivity index (χ4n) is 5.21. The molecule has 5 rings (SSSR count). The van der Waals surface area contributed by atoms with Crippen LogP contribution in [0.25, 0.3) is 10.8 Å². The Morgan fingerprint density at radius 1 is 0.970 bits per heavy atom. The van der Waals surface area contributed by atoms with Gasteiger partial charge in [-0.25, -0.2) is 0 Å². The molecule has 5 heteroatoms. The molecule has 3 aromatic rings. The summed E-state index contributed by atoms with van der Waals surface area (Å²) in [5.41, 5.74) is 2.73. The lowest BCUT2D eigenvalue weighted by Crippen LogP contribution is -2.53. The van der Waals surface area contributed by atoms with Crippen LogP contribution in [0.4, 0.5) is 0 Å². The fraction of sp³-hybridized carbons (Fsp3) is 0.429. The van der Waals surface area contributed by atoms with Crippen molar-refractivity contribution in [2.45, 2.75) is 58.5 Å². The second-order valence-electron chi connectivity index (χ2n) is 9.12. The number of hydrogen-bond acceptors (Lipinski definition) is 5. The summed E-state index contributed by atoms with van der Waals surface area (Å²) >= 11 is 0. The van der Waals surface area contributed by atoms with Crippen molar-refractivity contribution in [1.82, 2.24) is 9.80 Å². The van der Waals surface area contributed by atoms with Crippen molar-refractivity contribution in [3.63, 3.8) is 0 Å². The monoisotopic (exact) mass is 446 g/mol. The number of ether oxygens (including phenoxy) is 3. The largest absolute Gasteiger partial charge is 0.475 e. The van der Waals surface area contributed by atoms with Crippen LogP contribution >= 0.6 is 0 Å². The molecular weight excluding hydrogens is 412 g/mol. The van der Waals surface area contributed by atoms with Crippen molar-refractivity contribution in [2.75, 3.05) is 20.4 Å². The lowest BCUT2D eigenvalue weighted by Gasteiger charge is -2.43. The molecule has 0 saturated carbocycles. The third-order valence-corrected chi connectivity index (χ3v) is 6.98. The maximum atomic E-state index is 6.59. The number of fused-ring (bicyclic) bond motifs is 3. The van der Waals surface area contributed by atoms with Gasteiger partial charge in [-0.05, 0) is 72.5 Å². The second-order valence-corrected chi connectivity index (χ2v) is 9.12. The first-order chi connectivity index (χ1) is 16.2. The number of rotatable bonds is 8. The van der Waals surface area contributed by atoms with Crippen molar-refractivity contribution >= 4 is 10.8 Å². The summed E-state index contributed by atoms with van der Waals surface area (Å²) in [4.78, 5) is 5.01. The smallest absolute Gasteiger partial charge is 0.231 e. The molecule has 33 heavy (non-hydrogen) atoms. The Morgan fingerprint density at radius 3 is 2.48 bits per heavy atom. The Labute approximate surface area is 196 Å². The number of nitrogens with zero attached hydrogens (tertiary/aromatic N) is 2. The first-order valence-electron chi connectivity index (χ1n) is 12.2. The van der Waals surface area contributed by atoms with E-state index in [1.807, 2.05) is 0 Å². The van der Waals surface area contributed by atoms with Gasteiger partial charge in [-0.1, -0.05) is 50.6 Å². The zero-order valence-corrected chi connectivity index (χ0v) is 19.9. The molecule has 0 spiro atoms. The topological polar surface area (TPSA) is 34.2 Å². The number of benzene rings is 3. The van der Waals surface area contributed by atoms with Gasteiger partial charge >= 0.3 is 0 Å². The molecule has 0 aliphatic carbocycles. The van der Waals surface area contributed by atoms with Crippen LogP contribution in [-0.2, 0) is 13.0 Å². The van der Waals surface area contributed by atoms with Gasteiger partial charge in [0.2, 0.25) is 6.79 Å². The molecule has 0 bridgehead atoms. The average Bonchev–Trinajstić information content (AvgIpc) is 3.30. The Kier molecular flexibility index (Phi) is 6.43. The molecule has 3 aromatic carbocycles. The van der Waals surface area contributed by atoms with Crippen molar-refractivity contribution in [3.8, 4) is 17.2 Å². The molecule has 0 N–H and O–H groups in total. The van der Waals surface area contributed by atoms with Gasteiger partial charge in [0.05, 0.1) is 6.17 Å². The van der Waals surface area contributed by atoms with E-state index in [0.717, 1.165) is 56.0 Å². The minimum Gasteiger partial charge on any atom is -0.475 e. The van der Waals surface area contributed by atoms with E-state index >= 15 is 0 Å². The van der Waals surface area contributed by atoms with Crippen LogP contribution in [0.15, 0.2) is 54.6 Å². The highest BCUT2D eigenvalue weighted by Gasteiger charge is 2.31. The predicted octanol–water partition coefficient (Wildman–Crippen LogP) is 5.80. The summed E-state index contributed by atoms with van der Waals surface area (Å²) < 4.78 is 17.8. The van der Waals surface area contributed by atoms with Crippen molar-refractivity contribution in [2.24, 2.45) is 0 Å². The van der Waals surface area contributed by atoms with Crippen LogP contribution < -0.4 is 14.2 Å². The quantitative estimate of drug-likeness (QED) is 0.409. The molecule has 0 aromatic heterocycles. The summed E-state index contributed by atoms with van der Waals surface area (Å²) in [5.74, 6) is 2.70. The Balaban J connectivity index is 1.33. The highest BCUT2D eigenvalue weighted by Crippen LogP contribution is 2.37. The van der Waals surface area contributed by atoms with Gasteiger partial charge < -0.3 is 14.2 Å². The molecule has 0 amide bonds. The summed E-state index contributed by atoms with van der Waals surface area (Å²) in [6.07, 6.45) is 4.46. The highest BCUT2D eigenvalue weighted by atomic mass is 16.7. The Morgan fingerprint density at radius 2 is 1.73 bits per heavy atom. The van der Waals surface area contributed by atoms with Crippen LogP contribution in [0.2, 0.25) is 0 Å². The average molecular weight is 447 g/mol. The SMILES string of the molecule is CCCC(Oc1ccc2ccccc2c1)N(C)C(CC)N1CCc2cc3c(cc2C1)OCO3. The third kappa shape index (κ3) is 4.53. The predicted molar refractivity (Wildman–Crippen MR) is 132 cm³/mol. The first-order valence-corrected chi connectivity index (χ1v) is 12.2. The molecular formula is C28H34N2O3. The molecule has 174 valence electrons. The number of hydrogen-bond donors (Lipinski definition) is 0. The van der Waals surface area contributed by atoms with E-state index < -0.39 is 0 Å². The second kappa shape index (κ2) is 9.62. The van der Waals surface area contributed by atoms with E-state index in [-0.39, 0.29) is 6.23 Å². The Bertz CT molecular complexity index is 1120. The lowest BCUT2D eigenvalue weighted by molar-refractivity contribution is -0.0558. The third-order valence-electron chi connectivity index (χ3n) is 6.98. The maximum absolute atomic E-state index is 6.59. The van der Waals surface area contributed by atoms with Crippen molar-refractivity contribution < 1.29 is 14.2 Å². The summed E-state index contributed by atoms with van der Waals surface area (Å²) in [6.45, 7) is 6.78. The lowest BCUT2D eigenvalue weighted by atomic mass is 9.98. The van der Waals surface area contributed by atoms with Crippen LogP contribution in [0.1, 0.15) is 44.2 Å². The molecule has 0 radical (unpaired) electrons. The van der Waals surface area contributed by atoms with Gasteiger partial charge in [-0.15, -0.1) is 0 Å². The zero-order chi connectivity index (χ0) is 22.8. The molecule has 2 aliphatic heterocycles. The van der Waals surface area contributed by atoms with Crippen molar-refractivity contribution in [3.05, 3.63) is 65.7 Å². The van der Waals surface area contributed by atoms with Gasteiger partial charge in [-0.3, -0.25) is 9.80 Å². The molecule has 0 saturated heterocycles. The van der Waals surface area contributed by atoms with Gasteiger partial charge in [0.15, 0.2) is 17.7 Å². The highest BCUT2D eigenvalue weighted by molar-refractivity contribution is 5.83. The zero-order valence-electron chi connectivity index (χ0n) is 19.9. The van der Waals surface area contributed by atoms with Gasteiger partial charge in [-0.2, -0.15) is 0 Å². The molecule has 2 aliphatic rings. The summed E-state index contributed by atoms with van der Waals surface area (Å²) in [7, 11) is 2.21. The van der Waals surface area contributed by atoms with Gasteiger partial charge in [0.1, 0.15) is 5.75 Å². The molecule has 2 unspecified atom stereocenters. The van der Waals surface area contributed by atoms with Crippen LogP contribution in [0.3, 0.4) is 0 Å². The van der Waals surface area contributed by atoms with E-state index in [4.69, 9.17) is 14.2 Å². The van der Waals surface area contributed by atoms with E-state index in [1.54, 1.807) is 0 Å². The normalized spacial score (nSPS) is 17.2. The van der Waals surface area contributed by atoms with E-state index in [1.165, 1.54) is 21.9 Å². The van der Waals surface area contributed by atoms with Gasteiger partial charge in [0.25, 0.3) is 0 Å². The fourth-order valence-corrected chi connectivity index (χ4v) is 5.21. The van der Waals surface area contributed by atoms with Crippen molar-refractivity contribution in [1.29, 1.82) is 0 Å².